The Morgan fingerprint density at radius 1 is 1.20 bits per heavy atom. The Morgan fingerprint density at radius 3 is 2.50 bits per heavy atom. The molecule has 1 heteroatoms. The van der Waals surface area contributed by atoms with Gasteiger partial charge in [0.1, 0.15) is 8.80 Å². The summed E-state index contributed by atoms with van der Waals surface area (Å²) < 4.78 is 0. The van der Waals surface area contributed by atoms with Crippen LogP contribution in [0.5, 0.6) is 0 Å². The molecule has 0 unspecified atom stereocenters. The summed E-state index contributed by atoms with van der Waals surface area (Å²) in [5.74, 6) is 3.23. The second-order valence-electron chi connectivity index (χ2n) is 3.01. The van der Waals surface area contributed by atoms with E-state index in [1.54, 1.807) is 0 Å². The van der Waals surface area contributed by atoms with Crippen molar-refractivity contribution in [1.29, 1.82) is 0 Å². The molecule has 0 radical (unpaired) electrons. The number of hydrogen-bond acceptors (Lipinski definition) is 0. The van der Waals surface area contributed by atoms with Gasteiger partial charge >= 0.3 is 0 Å². The molecule has 0 saturated carbocycles. The molecule has 1 aliphatic rings. The molecular formula is C9H16Si. The average Bonchev–Trinajstić information content (AvgIpc) is 2.03. The summed E-state index contributed by atoms with van der Waals surface area (Å²) in [4.78, 5) is 0. The van der Waals surface area contributed by atoms with E-state index in [1.807, 2.05) is 0 Å². The normalized spacial score (nSPS) is 19.7. The van der Waals surface area contributed by atoms with Crippen LogP contribution >= 0.6 is 0 Å². The van der Waals surface area contributed by atoms with Gasteiger partial charge in [0.25, 0.3) is 0 Å². The van der Waals surface area contributed by atoms with Crippen molar-refractivity contribution in [3.8, 4) is 11.5 Å². The maximum absolute atomic E-state index is 3.46. The van der Waals surface area contributed by atoms with Gasteiger partial charge in [-0.25, -0.2) is 0 Å². The Labute approximate surface area is 65.6 Å². The van der Waals surface area contributed by atoms with Gasteiger partial charge in [-0.1, -0.05) is 26.2 Å². The van der Waals surface area contributed by atoms with Crippen molar-refractivity contribution in [2.75, 3.05) is 0 Å². The van der Waals surface area contributed by atoms with Crippen LogP contribution in [-0.2, 0) is 0 Å². The second kappa shape index (κ2) is 4.57. The summed E-state index contributed by atoms with van der Waals surface area (Å²) in [5.41, 5.74) is 3.46. The van der Waals surface area contributed by atoms with Crippen LogP contribution in [0.1, 0.15) is 32.6 Å². The maximum Gasteiger partial charge on any atom is 0.122 e. The number of rotatable bonds is 0. The van der Waals surface area contributed by atoms with Crippen LogP contribution in [0.2, 0.25) is 12.1 Å². The Hall–Kier alpha value is -0.223. The van der Waals surface area contributed by atoms with Crippen molar-refractivity contribution in [3.05, 3.63) is 0 Å². The van der Waals surface area contributed by atoms with E-state index in [-0.39, 0.29) is 0 Å². The van der Waals surface area contributed by atoms with Gasteiger partial charge in [-0.3, -0.25) is 0 Å². The van der Waals surface area contributed by atoms with Gasteiger partial charge in [0.05, 0.1) is 0 Å². The summed E-state index contributed by atoms with van der Waals surface area (Å²) in [5, 5.41) is 0. The van der Waals surface area contributed by atoms with E-state index in [1.165, 1.54) is 31.4 Å². The first-order valence-corrected chi connectivity index (χ1v) is 6.63. The smallest absolute Gasteiger partial charge is 0.122 e. The maximum atomic E-state index is 3.46. The minimum atomic E-state index is -0.505. The van der Waals surface area contributed by atoms with E-state index in [9.17, 15) is 0 Å². The summed E-state index contributed by atoms with van der Waals surface area (Å²) >= 11 is 0. The Bertz CT molecular complexity index is 135. The fourth-order valence-corrected chi connectivity index (χ4v) is 4.13. The lowest BCUT2D eigenvalue weighted by Gasteiger charge is -2.13. The third kappa shape index (κ3) is 2.58. The van der Waals surface area contributed by atoms with E-state index in [2.05, 4.69) is 18.4 Å². The first-order valence-electron chi connectivity index (χ1n) is 4.42. The molecular weight excluding hydrogens is 136 g/mol. The predicted molar refractivity (Wildman–Crippen MR) is 48.7 cm³/mol. The van der Waals surface area contributed by atoms with Crippen LogP contribution in [0, 0.1) is 11.5 Å². The van der Waals surface area contributed by atoms with Crippen molar-refractivity contribution in [2.45, 2.75) is 44.7 Å². The van der Waals surface area contributed by atoms with Crippen molar-refractivity contribution in [2.24, 2.45) is 0 Å². The average molecular weight is 152 g/mol. The molecule has 0 atom stereocenters. The van der Waals surface area contributed by atoms with Gasteiger partial charge in [-0.15, -0.1) is 11.5 Å². The molecule has 0 amide bonds. The Balaban J connectivity index is 2.25. The standard InChI is InChI=1S/C9H16Si/c1-2-3-7-10-8-5-4-6-9-10/h10H,2,4-6,8-9H2,1H3. The van der Waals surface area contributed by atoms with Crippen LogP contribution in [0.3, 0.4) is 0 Å². The molecule has 0 aromatic carbocycles. The van der Waals surface area contributed by atoms with Crippen molar-refractivity contribution >= 4 is 8.80 Å². The van der Waals surface area contributed by atoms with Crippen LogP contribution in [0.25, 0.3) is 0 Å². The first-order chi connectivity index (χ1) is 4.93. The first kappa shape index (κ1) is 7.88. The third-order valence-electron chi connectivity index (χ3n) is 2.09. The summed E-state index contributed by atoms with van der Waals surface area (Å²) in [6, 6.07) is 2.99. The molecule has 0 spiro atoms. The molecule has 1 fully saturated rings. The highest BCUT2D eigenvalue weighted by Crippen LogP contribution is 2.17. The van der Waals surface area contributed by atoms with Crippen LogP contribution in [0.15, 0.2) is 0 Å². The van der Waals surface area contributed by atoms with Crippen molar-refractivity contribution in [3.63, 3.8) is 0 Å². The van der Waals surface area contributed by atoms with Crippen LogP contribution in [0.4, 0.5) is 0 Å². The molecule has 0 aliphatic carbocycles. The minimum Gasteiger partial charge on any atom is -0.135 e. The molecule has 0 aromatic rings. The minimum absolute atomic E-state index is 0.505. The predicted octanol–water partition coefficient (Wildman–Crippen LogP) is 2.35. The largest absolute Gasteiger partial charge is 0.135 e. The molecule has 0 nitrogen and oxygen atoms in total. The zero-order valence-corrected chi connectivity index (χ0v) is 7.97. The monoisotopic (exact) mass is 152 g/mol. The lowest BCUT2D eigenvalue weighted by molar-refractivity contribution is 0.728. The molecule has 0 N–H and O–H groups in total. The highest BCUT2D eigenvalue weighted by Gasteiger charge is 2.11. The topological polar surface area (TPSA) is 0 Å². The SMILES string of the molecule is CCC#C[SiH]1CCCCC1. The van der Waals surface area contributed by atoms with Gasteiger partial charge in [0.15, 0.2) is 0 Å². The van der Waals surface area contributed by atoms with Crippen LogP contribution < -0.4 is 0 Å². The molecule has 1 saturated heterocycles. The molecule has 1 aliphatic heterocycles. The molecule has 56 valence electrons. The second-order valence-corrected chi connectivity index (χ2v) is 5.85. The fraction of sp³-hybridized carbons (Fsp3) is 0.778. The van der Waals surface area contributed by atoms with Gasteiger partial charge in [0, 0.05) is 6.42 Å². The van der Waals surface area contributed by atoms with E-state index in [0.29, 0.717) is 0 Å². The van der Waals surface area contributed by atoms with Gasteiger partial charge in [-0.05, 0) is 12.1 Å². The zero-order chi connectivity index (χ0) is 7.23. The Morgan fingerprint density at radius 2 is 1.90 bits per heavy atom. The number of hydrogen-bond donors (Lipinski definition) is 0. The summed E-state index contributed by atoms with van der Waals surface area (Å²) in [6.07, 6.45) is 5.46. The quantitative estimate of drug-likeness (QED) is 0.369. The van der Waals surface area contributed by atoms with E-state index >= 15 is 0 Å². The van der Waals surface area contributed by atoms with Crippen LogP contribution in [-0.4, -0.2) is 8.80 Å². The van der Waals surface area contributed by atoms with E-state index in [4.69, 9.17) is 0 Å². The Kier molecular flexibility index (Phi) is 3.60. The zero-order valence-electron chi connectivity index (χ0n) is 6.82. The molecule has 1 heterocycles. The van der Waals surface area contributed by atoms with E-state index < -0.39 is 8.80 Å². The van der Waals surface area contributed by atoms with Crippen molar-refractivity contribution in [1.82, 2.24) is 0 Å². The fourth-order valence-electron chi connectivity index (χ4n) is 1.49. The lowest BCUT2D eigenvalue weighted by Crippen LogP contribution is -2.13. The van der Waals surface area contributed by atoms with Gasteiger partial charge < -0.3 is 0 Å². The summed E-state index contributed by atoms with van der Waals surface area (Å²) in [6.45, 7) is 2.14. The van der Waals surface area contributed by atoms with Gasteiger partial charge in [0.2, 0.25) is 0 Å². The summed E-state index contributed by atoms with van der Waals surface area (Å²) in [7, 11) is -0.505. The van der Waals surface area contributed by atoms with Crippen molar-refractivity contribution < 1.29 is 0 Å². The van der Waals surface area contributed by atoms with E-state index in [0.717, 1.165) is 6.42 Å². The third-order valence-corrected chi connectivity index (χ3v) is 4.91. The molecule has 10 heavy (non-hydrogen) atoms. The highest BCUT2D eigenvalue weighted by molar-refractivity contribution is 6.67. The highest BCUT2D eigenvalue weighted by atomic mass is 28.3. The molecule has 1 rings (SSSR count). The molecule has 0 aromatic heterocycles. The van der Waals surface area contributed by atoms with Gasteiger partial charge in [-0.2, -0.15) is 0 Å². The lowest BCUT2D eigenvalue weighted by atomic mass is 10.3. The molecule has 0 bridgehead atoms.